The molecule has 0 amide bonds. The molecule has 0 aromatic carbocycles. The molecule has 0 aromatic rings. The summed E-state index contributed by atoms with van der Waals surface area (Å²) in [6.45, 7) is 5.29. The van der Waals surface area contributed by atoms with E-state index in [4.69, 9.17) is 4.74 Å². The fraction of sp³-hybridized carbons (Fsp3) is 1.00. The molecule has 0 bridgehead atoms. The highest BCUT2D eigenvalue weighted by molar-refractivity contribution is 4.59. The molecule has 2 unspecified atom stereocenters. The molecule has 3 heteroatoms. The summed E-state index contributed by atoms with van der Waals surface area (Å²) in [5.41, 5.74) is 0. The maximum Gasteiger partial charge on any atom is 0.0773 e. The van der Waals surface area contributed by atoms with Gasteiger partial charge in [0.05, 0.1) is 25.4 Å². The first-order chi connectivity index (χ1) is 17.2. The minimum absolute atomic E-state index is 0.369. The van der Waals surface area contributed by atoms with Crippen molar-refractivity contribution in [3.05, 3.63) is 0 Å². The topological polar surface area (TPSA) is 49.7 Å². The Kier molecular flexibility index (Phi) is 30.0. The third-order valence-corrected chi connectivity index (χ3v) is 7.40. The highest BCUT2D eigenvalue weighted by Gasteiger charge is 2.08. The van der Waals surface area contributed by atoms with Crippen LogP contribution in [0.25, 0.3) is 0 Å². The summed E-state index contributed by atoms with van der Waals surface area (Å²) < 4.78 is 5.57. The van der Waals surface area contributed by atoms with Crippen molar-refractivity contribution in [2.75, 3.05) is 13.2 Å². The molecular formula is C32H66O3. The van der Waals surface area contributed by atoms with Crippen LogP contribution in [0.4, 0.5) is 0 Å². The lowest BCUT2D eigenvalue weighted by Gasteiger charge is -2.14. The molecule has 0 heterocycles. The Balaban J connectivity index is 3.27. The first kappa shape index (κ1) is 34.9. The quantitative estimate of drug-likeness (QED) is 0.0968. The summed E-state index contributed by atoms with van der Waals surface area (Å²) >= 11 is 0. The van der Waals surface area contributed by atoms with Gasteiger partial charge in [-0.05, 0) is 12.8 Å². The number of aliphatic hydroxyl groups excluding tert-OH is 2. The zero-order chi connectivity index (χ0) is 25.7. The lowest BCUT2D eigenvalue weighted by atomic mass is 10.0. The summed E-state index contributed by atoms with van der Waals surface area (Å²) in [6.07, 6.45) is 33.1. The lowest BCUT2D eigenvalue weighted by Crippen LogP contribution is -2.21. The molecule has 212 valence electrons. The van der Waals surface area contributed by atoms with Crippen LogP contribution in [0.2, 0.25) is 0 Å². The van der Waals surface area contributed by atoms with Crippen LogP contribution in [0.1, 0.15) is 181 Å². The van der Waals surface area contributed by atoms with Crippen molar-refractivity contribution in [3.8, 4) is 0 Å². The molecule has 0 aromatic heterocycles. The predicted molar refractivity (Wildman–Crippen MR) is 154 cm³/mol. The highest BCUT2D eigenvalue weighted by atomic mass is 16.5. The van der Waals surface area contributed by atoms with Crippen LogP contribution in [0, 0.1) is 0 Å². The van der Waals surface area contributed by atoms with E-state index in [1.165, 1.54) is 141 Å². The Morgan fingerprint density at radius 3 is 0.857 bits per heavy atom. The first-order valence-electron chi connectivity index (χ1n) is 16.1. The molecular weight excluding hydrogens is 432 g/mol. The van der Waals surface area contributed by atoms with Crippen LogP contribution in [-0.4, -0.2) is 35.6 Å². The van der Waals surface area contributed by atoms with Gasteiger partial charge in [0.1, 0.15) is 0 Å². The Hall–Kier alpha value is -0.120. The van der Waals surface area contributed by atoms with Crippen LogP contribution >= 0.6 is 0 Å². The smallest absolute Gasteiger partial charge is 0.0773 e. The van der Waals surface area contributed by atoms with Crippen molar-refractivity contribution in [1.29, 1.82) is 0 Å². The normalized spacial score (nSPS) is 13.4. The molecule has 0 saturated heterocycles. The average molecular weight is 499 g/mol. The van der Waals surface area contributed by atoms with Gasteiger partial charge in [-0.25, -0.2) is 0 Å². The van der Waals surface area contributed by atoms with E-state index in [0.29, 0.717) is 13.2 Å². The van der Waals surface area contributed by atoms with Gasteiger partial charge in [0, 0.05) is 0 Å². The van der Waals surface area contributed by atoms with Gasteiger partial charge in [-0.3, -0.25) is 0 Å². The van der Waals surface area contributed by atoms with E-state index in [1.54, 1.807) is 0 Å². The zero-order valence-corrected chi connectivity index (χ0v) is 24.3. The summed E-state index contributed by atoms with van der Waals surface area (Å²) in [6, 6.07) is 0. The van der Waals surface area contributed by atoms with Crippen LogP contribution in [0.3, 0.4) is 0 Å². The average Bonchev–Trinajstić information content (AvgIpc) is 2.85. The standard InChI is InChI=1S/C32H66O3/c1-3-5-7-9-11-13-15-17-19-21-23-25-27-31(33)29-35-30-32(34)28-26-24-22-20-18-16-14-12-10-8-6-4-2/h31-34H,3-30H2,1-2H3. The largest absolute Gasteiger partial charge is 0.391 e. The SMILES string of the molecule is CCCCCCCCCCCCCCC(O)COCC(O)CCCCCCCCCCCCCC. The molecule has 0 aliphatic rings. The molecule has 2 N–H and O–H groups in total. The molecule has 0 radical (unpaired) electrons. The van der Waals surface area contributed by atoms with E-state index in [9.17, 15) is 10.2 Å². The minimum atomic E-state index is -0.378. The van der Waals surface area contributed by atoms with Gasteiger partial charge < -0.3 is 14.9 Å². The van der Waals surface area contributed by atoms with E-state index >= 15 is 0 Å². The molecule has 0 rings (SSSR count). The van der Waals surface area contributed by atoms with E-state index in [2.05, 4.69) is 13.8 Å². The van der Waals surface area contributed by atoms with E-state index in [0.717, 1.165) is 25.7 Å². The minimum Gasteiger partial charge on any atom is -0.391 e. The molecule has 35 heavy (non-hydrogen) atoms. The molecule has 0 aliphatic carbocycles. The van der Waals surface area contributed by atoms with E-state index in [1.807, 2.05) is 0 Å². The monoisotopic (exact) mass is 499 g/mol. The van der Waals surface area contributed by atoms with Gasteiger partial charge in [-0.1, -0.05) is 168 Å². The fourth-order valence-electron chi connectivity index (χ4n) is 4.95. The number of ether oxygens (including phenoxy) is 1. The van der Waals surface area contributed by atoms with Gasteiger partial charge in [-0.2, -0.15) is 0 Å². The summed E-state index contributed by atoms with van der Waals surface area (Å²) in [4.78, 5) is 0. The second kappa shape index (κ2) is 30.1. The Labute approximate surface area is 221 Å². The van der Waals surface area contributed by atoms with Crippen LogP contribution in [-0.2, 0) is 4.74 Å². The number of hydrogen-bond donors (Lipinski definition) is 2. The zero-order valence-electron chi connectivity index (χ0n) is 24.3. The van der Waals surface area contributed by atoms with Crippen molar-refractivity contribution in [2.24, 2.45) is 0 Å². The lowest BCUT2D eigenvalue weighted by molar-refractivity contribution is -0.0129. The number of aliphatic hydroxyl groups is 2. The van der Waals surface area contributed by atoms with E-state index in [-0.39, 0.29) is 12.2 Å². The molecule has 0 fully saturated rings. The maximum absolute atomic E-state index is 10.1. The van der Waals surface area contributed by atoms with Crippen LogP contribution in [0.5, 0.6) is 0 Å². The second-order valence-corrected chi connectivity index (χ2v) is 11.2. The summed E-state index contributed by atoms with van der Waals surface area (Å²) in [7, 11) is 0. The van der Waals surface area contributed by atoms with Gasteiger partial charge >= 0.3 is 0 Å². The Morgan fingerprint density at radius 1 is 0.371 bits per heavy atom. The fourth-order valence-corrected chi connectivity index (χ4v) is 4.95. The predicted octanol–water partition coefficient (Wildman–Crippen LogP) is 9.91. The molecule has 0 spiro atoms. The van der Waals surface area contributed by atoms with Gasteiger partial charge in [0.25, 0.3) is 0 Å². The van der Waals surface area contributed by atoms with Crippen LogP contribution < -0.4 is 0 Å². The third kappa shape index (κ3) is 30.0. The van der Waals surface area contributed by atoms with Gasteiger partial charge in [-0.15, -0.1) is 0 Å². The van der Waals surface area contributed by atoms with Gasteiger partial charge in [0.15, 0.2) is 0 Å². The highest BCUT2D eigenvalue weighted by Crippen LogP contribution is 2.14. The van der Waals surface area contributed by atoms with Crippen molar-refractivity contribution in [1.82, 2.24) is 0 Å². The Morgan fingerprint density at radius 2 is 0.600 bits per heavy atom. The second-order valence-electron chi connectivity index (χ2n) is 11.2. The third-order valence-electron chi connectivity index (χ3n) is 7.40. The molecule has 3 nitrogen and oxygen atoms in total. The van der Waals surface area contributed by atoms with E-state index < -0.39 is 0 Å². The Bertz CT molecular complexity index is 340. The van der Waals surface area contributed by atoms with Crippen LogP contribution in [0.15, 0.2) is 0 Å². The number of hydrogen-bond acceptors (Lipinski definition) is 3. The van der Waals surface area contributed by atoms with Crippen molar-refractivity contribution in [2.45, 2.75) is 193 Å². The molecule has 0 aliphatic heterocycles. The van der Waals surface area contributed by atoms with Crippen molar-refractivity contribution < 1.29 is 14.9 Å². The molecule has 2 atom stereocenters. The maximum atomic E-state index is 10.1. The number of unbranched alkanes of at least 4 members (excludes halogenated alkanes) is 22. The summed E-state index contributed by atoms with van der Waals surface area (Å²) in [5.74, 6) is 0. The van der Waals surface area contributed by atoms with Crippen molar-refractivity contribution in [3.63, 3.8) is 0 Å². The van der Waals surface area contributed by atoms with Crippen molar-refractivity contribution >= 4 is 0 Å². The van der Waals surface area contributed by atoms with Gasteiger partial charge in [0.2, 0.25) is 0 Å². The first-order valence-corrected chi connectivity index (χ1v) is 16.1. The summed E-state index contributed by atoms with van der Waals surface area (Å²) in [5, 5.41) is 20.2. The number of rotatable bonds is 30. The molecule has 0 saturated carbocycles.